The number of aryl methyl sites for hydroxylation is 1. The SMILES string of the molecule is Cc1nn(Cc2c(Cl)cccc2Cl)c(Cl)c1/C=N/NC(=S)NCCN1CCOCC1. The first kappa shape index (κ1) is 23.2. The number of nitrogens with one attached hydrogen (secondary N) is 2. The first-order chi connectivity index (χ1) is 14.5. The third-order valence-corrected chi connectivity index (χ3v) is 6.00. The van der Waals surface area contributed by atoms with Crippen LogP contribution in [-0.4, -0.2) is 65.4 Å². The molecule has 1 aromatic carbocycles. The number of hydrazone groups is 1. The van der Waals surface area contributed by atoms with Crippen LogP contribution >= 0.6 is 47.0 Å². The van der Waals surface area contributed by atoms with Crippen molar-refractivity contribution in [3.8, 4) is 0 Å². The third-order valence-electron chi connectivity index (χ3n) is 4.66. The zero-order valence-electron chi connectivity index (χ0n) is 16.5. The number of hydrogen-bond acceptors (Lipinski definition) is 5. The topological polar surface area (TPSA) is 66.7 Å². The van der Waals surface area contributed by atoms with Crippen molar-refractivity contribution in [2.24, 2.45) is 5.10 Å². The average Bonchev–Trinajstić information content (AvgIpc) is 2.99. The van der Waals surface area contributed by atoms with Crippen molar-refractivity contribution in [3.05, 3.63) is 50.2 Å². The molecule has 1 aliphatic heterocycles. The lowest BCUT2D eigenvalue weighted by Gasteiger charge is -2.26. The Bertz CT molecular complexity index is 894. The lowest BCUT2D eigenvalue weighted by atomic mass is 10.2. The molecular formula is C19H23Cl3N6OS. The predicted molar refractivity (Wildman–Crippen MR) is 126 cm³/mol. The van der Waals surface area contributed by atoms with Gasteiger partial charge in [0.05, 0.1) is 37.2 Å². The van der Waals surface area contributed by atoms with E-state index in [1.54, 1.807) is 29.1 Å². The number of ether oxygens (including phenoxy) is 1. The molecule has 0 spiro atoms. The fraction of sp³-hybridized carbons (Fsp3) is 0.421. The molecular weight excluding hydrogens is 467 g/mol. The molecule has 1 aliphatic rings. The number of thiocarbonyl (C=S) groups is 1. The molecule has 30 heavy (non-hydrogen) atoms. The van der Waals surface area contributed by atoms with E-state index in [1.165, 1.54) is 0 Å². The highest BCUT2D eigenvalue weighted by molar-refractivity contribution is 7.80. The van der Waals surface area contributed by atoms with Crippen molar-refractivity contribution in [3.63, 3.8) is 0 Å². The van der Waals surface area contributed by atoms with Gasteiger partial charge < -0.3 is 10.1 Å². The summed E-state index contributed by atoms with van der Waals surface area (Å²) < 4.78 is 6.98. The molecule has 7 nitrogen and oxygen atoms in total. The zero-order chi connectivity index (χ0) is 21.5. The monoisotopic (exact) mass is 488 g/mol. The van der Waals surface area contributed by atoms with Gasteiger partial charge in [0.1, 0.15) is 5.15 Å². The molecule has 0 unspecified atom stereocenters. The molecule has 0 saturated carbocycles. The van der Waals surface area contributed by atoms with Crippen LogP contribution in [0.15, 0.2) is 23.3 Å². The maximum Gasteiger partial charge on any atom is 0.187 e. The van der Waals surface area contributed by atoms with Gasteiger partial charge in [-0.2, -0.15) is 10.2 Å². The Labute approximate surface area is 196 Å². The van der Waals surface area contributed by atoms with Crippen LogP contribution in [0.5, 0.6) is 0 Å². The smallest absolute Gasteiger partial charge is 0.187 e. The Kier molecular flexibility index (Phi) is 8.73. The van der Waals surface area contributed by atoms with Crippen LogP contribution in [0.4, 0.5) is 0 Å². The van der Waals surface area contributed by atoms with E-state index in [9.17, 15) is 0 Å². The molecule has 0 aliphatic carbocycles. The van der Waals surface area contributed by atoms with Crippen LogP contribution in [0.3, 0.4) is 0 Å². The summed E-state index contributed by atoms with van der Waals surface area (Å²) in [6.07, 6.45) is 1.60. The van der Waals surface area contributed by atoms with Crippen molar-refractivity contribution >= 4 is 58.3 Å². The maximum atomic E-state index is 6.50. The minimum atomic E-state index is 0.362. The summed E-state index contributed by atoms with van der Waals surface area (Å²) in [5.41, 5.74) is 5.00. The molecule has 0 atom stereocenters. The van der Waals surface area contributed by atoms with Gasteiger partial charge in [0, 0.05) is 41.8 Å². The van der Waals surface area contributed by atoms with E-state index >= 15 is 0 Å². The largest absolute Gasteiger partial charge is 0.379 e. The van der Waals surface area contributed by atoms with Gasteiger partial charge in [0.25, 0.3) is 0 Å². The Balaban J connectivity index is 1.53. The van der Waals surface area contributed by atoms with Crippen LogP contribution < -0.4 is 10.7 Å². The number of hydrogen-bond donors (Lipinski definition) is 2. The molecule has 1 saturated heterocycles. The minimum absolute atomic E-state index is 0.362. The highest BCUT2D eigenvalue weighted by Gasteiger charge is 2.15. The Morgan fingerprint density at radius 1 is 1.27 bits per heavy atom. The molecule has 0 amide bonds. The fourth-order valence-electron chi connectivity index (χ4n) is 3.00. The summed E-state index contributed by atoms with van der Waals surface area (Å²) in [6.45, 7) is 7.31. The zero-order valence-corrected chi connectivity index (χ0v) is 19.6. The lowest BCUT2D eigenvalue weighted by Crippen LogP contribution is -2.42. The second-order valence-corrected chi connectivity index (χ2v) is 8.31. The molecule has 1 fully saturated rings. The predicted octanol–water partition coefficient (Wildman–Crippen LogP) is 3.33. The number of morpholine rings is 1. The van der Waals surface area contributed by atoms with Gasteiger partial charge in [0.2, 0.25) is 0 Å². The standard InChI is InChI=1S/C19H23Cl3N6OS/c1-13-14(11-24-25-19(30)23-5-6-27-7-9-29-10-8-27)18(22)28(26-13)12-15-16(20)3-2-4-17(15)21/h2-4,11H,5-10,12H2,1H3,(H2,23,25,30)/b24-11+. The van der Waals surface area contributed by atoms with Gasteiger partial charge in [-0.3, -0.25) is 10.3 Å². The van der Waals surface area contributed by atoms with Crippen LogP contribution in [0, 0.1) is 6.92 Å². The van der Waals surface area contributed by atoms with E-state index in [2.05, 4.69) is 25.8 Å². The third kappa shape index (κ3) is 6.29. The van der Waals surface area contributed by atoms with Crippen molar-refractivity contribution in [2.75, 3.05) is 39.4 Å². The summed E-state index contributed by atoms with van der Waals surface area (Å²) in [7, 11) is 0. The van der Waals surface area contributed by atoms with Gasteiger partial charge in [0.15, 0.2) is 5.11 Å². The number of rotatable bonds is 7. The Morgan fingerprint density at radius 3 is 2.67 bits per heavy atom. The number of benzene rings is 1. The second kappa shape index (κ2) is 11.3. The van der Waals surface area contributed by atoms with Gasteiger partial charge in [-0.05, 0) is 31.3 Å². The summed E-state index contributed by atoms with van der Waals surface area (Å²) in [5, 5.41) is 13.8. The van der Waals surface area contributed by atoms with Crippen LogP contribution in [-0.2, 0) is 11.3 Å². The van der Waals surface area contributed by atoms with Gasteiger partial charge >= 0.3 is 0 Å². The number of nitrogens with zero attached hydrogens (tertiary/aromatic N) is 4. The molecule has 2 heterocycles. The van der Waals surface area contributed by atoms with Crippen molar-refractivity contribution in [1.29, 1.82) is 0 Å². The van der Waals surface area contributed by atoms with Crippen molar-refractivity contribution < 1.29 is 4.74 Å². The van der Waals surface area contributed by atoms with Crippen LogP contribution in [0.25, 0.3) is 0 Å². The summed E-state index contributed by atoms with van der Waals surface area (Å²) in [5.74, 6) is 0. The molecule has 0 radical (unpaired) electrons. The Hall–Kier alpha value is -1.42. The first-order valence-corrected chi connectivity index (χ1v) is 11.0. The molecule has 11 heteroatoms. The van der Waals surface area contributed by atoms with E-state index in [0.29, 0.717) is 32.4 Å². The highest BCUT2D eigenvalue weighted by Crippen LogP contribution is 2.27. The van der Waals surface area contributed by atoms with Gasteiger partial charge in [-0.1, -0.05) is 40.9 Å². The number of halogens is 3. The van der Waals surface area contributed by atoms with Crippen LogP contribution in [0.2, 0.25) is 15.2 Å². The molecule has 2 N–H and O–H groups in total. The molecule has 1 aromatic heterocycles. The molecule has 3 rings (SSSR count). The first-order valence-electron chi connectivity index (χ1n) is 9.48. The summed E-state index contributed by atoms with van der Waals surface area (Å²) in [4.78, 5) is 2.32. The quantitative estimate of drug-likeness (QED) is 0.353. The van der Waals surface area contributed by atoms with E-state index < -0.39 is 0 Å². The van der Waals surface area contributed by atoms with E-state index in [-0.39, 0.29) is 0 Å². The fourth-order valence-corrected chi connectivity index (χ4v) is 3.95. The summed E-state index contributed by atoms with van der Waals surface area (Å²) >= 11 is 24.3. The summed E-state index contributed by atoms with van der Waals surface area (Å²) in [6, 6.07) is 5.37. The lowest BCUT2D eigenvalue weighted by molar-refractivity contribution is 0.0389. The average molecular weight is 490 g/mol. The maximum absolute atomic E-state index is 6.50. The normalized spacial score (nSPS) is 14.9. The Morgan fingerprint density at radius 2 is 1.97 bits per heavy atom. The van der Waals surface area contributed by atoms with Gasteiger partial charge in [-0.15, -0.1) is 0 Å². The van der Waals surface area contributed by atoms with Crippen molar-refractivity contribution in [1.82, 2.24) is 25.4 Å². The van der Waals surface area contributed by atoms with E-state index in [4.69, 9.17) is 51.8 Å². The molecule has 0 bridgehead atoms. The second-order valence-electron chi connectivity index (χ2n) is 6.73. The highest BCUT2D eigenvalue weighted by atomic mass is 35.5. The van der Waals surface area contributed by atoms with E-state index in [0.717, 1.165) is 50.7 Å². The minimum Gasteiger partial charge on any atom is -0.379 e. The molecule has 2 aromatic rings. The van der Waals surface area contributed by atoms with E-state index in [1.807, 2.05) is 6.92 Å². The number of aromatic nitrogens is 2. The van der Waals surface area contributed by atoms with Crippen molar-refractivity contribution in [2.45, 2.75) is 13.5 Å². The molecule has 162 valence electrons. The van der Waals surface area contributed by atoms with Crippen LogP contribution in [0.1, 0.15) is 16.8 Å². The van der Waals surface area contributed by atoms with Gasteiger partial charge in [-0.25, -0.2) is 4.68 Å².